The monoisotopic (exact) mass is 393 g/mol. The van der Waals surface area contributed by atoms with E-state index >= 15 is 0 Å². The number of amides is 1. The summed E-state index contributed by atoms with van der Waals surface area (Å²) in [7, 11) is 0. The molecule has 1 fully saturated rings. The van der Waals surface area contributed by atoms with Crippen LogP contribution >= 0.6 is 15.9 Å². The zero-order valence-corrected chi connectivity index (χ0v) is 14.9. The number of benzene rings is 1. The van der Waals surface area contributed by atoms with Crippen molar-refractivity contribution >= 4 is 21.8 Å². The Labute approximate surface area is 149 Å². The van der Waals surface area contributed by atoms with Gasteiger partial charge in [-0.25, -0.2) is 0 Å². The van der Waals surface area contributed by atoms with Gasteiger partial charge in [0.25, 0.3) is 5.91 Å². The van der Waals surface area contributed by atoms with Gasteiger partial charge in [0.2, 0.25) is 0 Å². The number of halogens is 1. The summed E-state index contributed by atoms with van der Waals surface area (Å²) in [6.45, 7) is 1.68. The van der Waals surface area contributed by atoms with Crippen LogP contribution in [-0.2, 0) is 6.61 Å². The molecule has 0 spiro atoms. The zero-order chi connectivity index (χ0) is 16.9. The maximum Gasteiger partial charge on any atom is 0.289 e. The Morgan fingerprint density at radius 3 is 3.04 bits per heavy atom. The average Bonchev–Trinajstić information content (AvgIpc) is 3.08. The van der Waals surface area contributed by atoms with Gasteiger partial charge < -0.3 is 19.2 Å². The van der Waals surface area contributed by atoms with Crippen molar-refractivity contribution < 1.29 is 19.1 Å². The fourth-order valence-electron chi connectivity index (χ4n) is 2.84. The average molecular weight is 394 g/mol. The summed E-state index contributed by atoms with van der Waals surface area (Å²) in [4.78, 5) is 14.2. The molecule has 1 aromatic heterocycles. The Hall–Kier alpha value is -1.79. The van der Waals surface area contributed by atoms with Crippen LogP contribution in [-0.4, -0.2) is 35.6 Å². The number of furan rings is 1. The van der Waals surface area contributed by atoms with E-state index in [1.165, 1.54) is 0 Å². The summed E-state index contributed by atoms with van der Waals surface area (Å²) < 4.78 is 12.2. The maximum atomic E-state index is 12.5. The first-order chi connectivity index (χ1) is 11.7. The highest BCUT2D eigenvalue weighted by Crippen LogP contribution is 2.21. The van der Waals surface area contributed by atoms with Crippen LogP contribution in [0.5, 0.6) is 5.75 Å². The van der Waals surface area contributed by atoms with Crippen molar-refractivity contribution in [3.05, 3.63) is 52.4 Å². The van der Waals surface area contributed by atoms with Crippen molar-refractivity contribution in [3.8, 4) is 5.75 Å². The number of likely N-dealkylation sites (tertiary alicyclic amines) is 1. The minimum Gasteiger partial charge on any atom is -0.486 e. The molecule has 0 saturated carbocycles. The smallest absolute Gasteiger partial charge is 0.289 e. The fourth-order valence-corrected chi connectivity index (χ4v) is 3.21. The molecule has 2 aromatic rings. The molecule has 2 heterocycles. The Balaban J connectivity index is 1.59. The fraction of sp³-hybridized carbons (Fsp3) is 0.389. The van der Waals surface area contributed by atoms with Crippen LogP contribution in [0.1, 0.15) is 29.2 Å². The highest BCUT2D eigenvalue weighted by atomic mass is 79.9. The highest BCUT2D eigenvalue weighted by molar-refractivity contribution is 9.10. The molecule has 0 unspecified atom stereocenters. The van der Waals surface area contributed by atoms with Gasteiger partial charge in [-0.1, -0.05) is 22.0 Å². The van der Waals surface area contributed by atoms with Gasteiger partial charge in [-0.05, 0) is 49.1 Å². The molecule has 0 bridgehead atoms. The van der Waals surface area contributed by atoms with Crippen molar-refractivity contribution in [2.75, 3.05) is 19.7 Å². The predicted molar refractivity (Wildman–Crippen MR) is 92.9 cm³/mol. The number of hydrogen-bond donors (Lipinski definition) is 1. The summed E-state index contributed by atoms with van der Waals surface area (Å²) in [6.07, 6.45) is 1.88. The van der Waals surface area contributed by atoms with Gasteiger partial charge in [-0.2, -0.15) is 0 Å². The van der Waals surface area contributed by atoms with E-state index in [0.29, 0.717) is 24.6 Å². The Kier molecular flexibility index (Phi) is 5.58. The summed E-state index contributed by atoms with van der Waals surface area (Å²) in [5.74, 6) is 1.70. The van der Waals surface area contributed by atoms with E-state index in [4.69, 9.17) is 9.15 Å². The largest absolute Gasteiger partial charge is 0.486 e. The van der Waals surface area contributed by atoms with Crippen LogP contribution in [0.4, 0.5) is 0 Å². The number of hydrogen-bond acceptors (Lipinski definition) is 4. The second kappa shape index (κ2) is 7.85. The van der Waals surface area contributed by atoms with Crippen molar-refractivity contribution in [1.29, 1.82) is 0 Å². The van der Waals surface area contributed by atoms with E-state index in [-0.39, 0.29) is 25.0 Å². The quantitative estimate of drug-likeness (QED) is 0.844. The van der Waals surface area contributed by atoms with E-state index < -0.39 is 0 Å². The topological polar surface area (TPSA) is 62.9 Å². The molecule has 0 radical (unpaired) electrons. The Bertz CT molecular complexity index is 700. The van der Waals surface area contributed by atoms with Crippen molar-refractivity contribution in [1.82, 2.24) is 4.90 Å². The van der Waals surface area contributed by atoms with Gasteiger partial charge in [-0.15, -0.1) is 0 Å². The lowest BCUT2D eigenvalue weighted by Gasteiger charge is -2.31. The summed E-state index contributed by atoms with van der Waals surface area (Å²) >= 11 is 3.39. The standard InChI is InChI=1S/C18H20BrNO4/c19-14-4-1-5-15(9-14)23-12-16-6-7-17(24-16)18(22)20-8-2-3-13(10-20)11-21/h1,4-7,9,13,21H,2-3,8,10-12H2/t13-/m0/s1. The van der Waals surface area contributed by atoms with E-state index in [1.54, 1.807) is 17.0 Å². The van der Waals surface area contributed by atoms with Gasteiger partial charge in [0.1, 0.15) is 18.1 Å². The first kappa shape index (κ1) is 17.0. The van der Waals surface area contributed by atoms with Crippen LogP contribution in [0, 0.1) is 5.92 Å². The molecule has 0 aliphatic carbocycles. The van der Waals surface area contributed by atoms with Gasteiger partial charge >= 0.3 is 0 Å². The Morgan fingerprint density at radius 1 is 1.38 bits per heavy atom. The molecule has 3 rings (SSSR count). The molecule has 6 heteroatoms. The third-order valence-electron chi connectivity index (χ3n) is 4.11. The minimum absolute atomic E-state index is 0.119. The van der Waals surface area contributed by atoms with Crippen molar-refractivity contribution in [2.45, 2.75) is 19.4 Å². The normalized spacial score (nSPS) is 17.8. The van der Waals surface area contributed by atoms with Crippen LogP contribution in [0.15, 0.2) is 45.3 Å². The molecular formula is C18H20BrNO4. The number of nitrogens with zero attached hydrogens (tertiary/aromatic N) is 1. The summed E-state index contributed by atoms with van der Waals surface area (Å²) in [6, 6.07) is 11.0. The van der Waals surface area contributed by atoms with E-state index in [0.717, 1.165) is 23.1 Å². The molecule has 24 heavy (non-hydrogen) atoms. The molecule has 128 valence electrons. The molecule has 1 amide bonds. The predicted octanol–water partition coefficient (Wildman–Crippen LogP) is 3.47. The van der Waals surface area contributed by atoms with E-state index in [1.807, 2.05) is 24.3 Å². The van der Waals surface area contributed by atoms with Crippen molar-refractivity contribution in [2.24, 2.45) is 5.92 Å². The maximum absolute atomic E-state index is 12.5. The van der Waals surface area contributed by atoms with Crippen LogP contribution in [0.3, 0.4) is 0 Å². The highest BCUT2D eigenvalue weighted by Gasteiger charge is 2.25. The number of aliphatic hydroxyl groups excluding tert-OH is 1. The van der Waals surface area contributed by atoms with Crippen LogP contribution in [0.2, 0.25) is 0 Å². The number of rotatable bonds is 5. The lowest BCUT2D eigenvalue weighted by molar-refractivity contribution is 0.0586. The number of carbonyl (C=O) groups excluding carboxylic acids is 1. The summed E-state index contributed by atoms with van der Waals surface area (Å²) in [5.41, 5.74) is 0. The minimum atomic E-state index is -0.123. The second-order valence-electron chi connectivity index (χ2n) is 5.95. The third-order valence-corrected chi connectivity index (χ3v) is 4.61. The van der Waals surface area contributed by atoms with Crippen LogP contribution in [0.25, 0.3) is 0 Å². The molecule has 1 aromatic carbocycles. The molecule has 1 N–H and O–H groups in total. The number of piperidine rings is 1. The Morgan fingerprint density at radius 2 is 2.25 bits per heavy atom. The number of carbonyl (C=O) groups is 1. The molecule has 1 atom stereocenters. The lowest BCUT2D eigenvalue weighted by Crippen LogP contribution is -2.40. The lowest BCUT2D eigenvalue weighted by atomic mass is 9.99. The molecule has 5 nitrogen and oxygen atoms in total. The SMILES string of the molecule is O=C(c1ccc(COc2cccc(Br)c2)o1)N1CCC[C@H](CO)C1. The molecular weight excluding hydrogens is 374 g/mol. The molecule has 1 aliphatic heterocycles. The van der Waals surface area contributed by atoms with Gasteiger partial charge in [-0.3, -0.25) is 4.79 Å². The van der Waals surface area contributed by atoms with Gasteiger partial charge in [0.05, 0.1) is 0 Å². The first-order valence-corrected chi connectivity index (χ1v) is 8.82. The van der Waals surface area contributed by atoms with Crippen molar-refractivity contribution in [3.63, 3.8) is 0 Å². The van der Waals surface area contributed by atoms with E-state index in [2.05, 4.69) is 15.9 Å². The summed E-state index contributed by atoms with van der Waals surface area (Å²) in [5, 5.41) is 9.28. The number of aliphatic hydroxyl groups is 1. The number of ether oxygens (including phenoxy) is 1. The van der Waals surface area contributed by atoms with Crippen LogP contribution < -0.4 is 4.74 Å². The van der Waals surface area contributed by atoms with Gasteiger partial charge in [0.15, 0.2) is 5.76 Å². The third kappa shape index (κ3) is 4.19. The molecule has 1 saturated heterocycles. The zero-order valence-electron chi connectivity index (χ0n) is 13.3. The van der Waals surface area contributed by atoms with Gasteiger partial charge in [0, 0.05) is 24.2 Å². The second-order valence-corrected chi connectivity index (χ2v) is 6.87. The molecule has 1 aliphatic rings. The van der Waals surface area contributed by atoms with E-state index in [9.17, 15) is 9.90 Å². The first-order valence-electron chi connectivity index (χ1n) is 8.03.